The van der Waals surface area contributed by atoms with Crippen molar-refractivity contribution in [3.05, 3.63) is 47.5 Å². The van der Waals surface area contributed by atoms with Crippen molar-refractivity contribution < 1.29 is 25.4 Å². The van der Waals surface area contributed by atoms with Crippen molar-refractivity contribution in [2.24, 2.45) is 0 Å². The van der Waals surface area contributed by atoms with Crippen molar-refractivity contribution in [3.8, 4) is 16.9 Å². The smallest absolute Gasteiger partial charge is 0.335 e. The van der Waals surface area contributed by atoms with Gasteiger partial charge >= 0.3 is 5.97 Å². The lowest BCUT2D eigenvalue weighted by atomic mass is 10.0. The molecule has 0 saturated heterocycles. The first-order chi connectivity index (χ1) is 9.40. The summed E-state index contributed by atoms with van der Waals surface area (Å²) in [5, 5.41) is 38.6. The molecule has 6 heteroatoms. The van der Waals surface area contributed by atoms with E-state index in [0.717, 1.165) is 0 Å². The fraction of sp³-hybridized carbons (Fsp3) is 0.0714. The highest BCUT2D eigenvalue weighted by Gasteiger charge is 2.09. The van der Waals surface area contributed by atoms with E-state index in [2.05, 4.69) is 0 Å². The highest BCUT2D eigenvalue weighted by molar-refractivity contribution is 5.92. The number of carboxylic acid groups (broad SMARTS) is 1. The molecule has 0 aliphatic rings. The molecule has 0 aliphatic heterocycles. The minimum absolute atomic E-state index is 0.00108. The normalized spacial score (nSPS) is 10.3. The Morgan fingerprint density at radius 1 is 1.10 bits per heavy atom. The topological polar surface area (TPSA) is 104 Å². The predicted octanol–water partition coefficient (Wildman–Crippen LogP) is 2.02. The summed E-state index contributed by atoms with van der Waals surface area (Å²) in [4.78, 5) is 10.9. The van der Waals surface area contributed by atoms with Crippen molar-refractivity contribution in [2.45, 2.75) is 6.92 Å². The summed E-state index contributed by atoms with van der Waals surface area (Å²) in [6.45, 7) is 1.70. The number of rotatable bonds is 3. The van der Waals surface area contributed by atoms with Crippen molar-refractivity contribution in [3.63, 3.8) is 0 Å². The Labute approximate surface area is 114 Å². The van der Waals surface area contributed by atoms with Crippen molar-refractivity contribution in [2.75, 3.05) is 5.23 Å². The SMILES string of the molecule is Cc1ccc(-c2ccc([O-])c(C(=O)O)c2)cc1N(O)O. The number of carboxylic acids is 1. The second-order valence-corrected chi connectivity index (χ2v) is 4.31. The average molecular weight is 274 g/mol. The van der Waals surface area contributed by atoms with Gasteiger partial charge in [-0.3, -0.25) is 10.4 Å². The van der Waals surface area contributed by atoms with Crippen LogP contribution in [0.5, 0.6) is 5.75 Å². The second-order valence-electron chi connectivity index (χ2n) is 4.31. The number of nitrogens with zero attached hydrogens (tertiary/aromatic N) is 1. The third-order valence-electron chi connectivity index (χ3n) is 2.97. The van der Waals surface area contributed by atoms with E-state index in [4.69, 9.17) is 15.5 Å². The van der Waals surface area contributed by atoms with Gasteiger partial charge in [-0.25, -0.2) is 4.79 Å². The molecule has 2 aromatic carbocycles. The maximum Gasteiger partial charge on any atom is 0.335 e. The predicted molar refractivity (Wildman–Crippen MR) is 69.1 cm³/mol. The summed E-state index contributed by atoms with van der Waals surface area (Å²) < 4.78 is 0. The van der Waals surface area contributed by atoms with Crippen LogP contribution in [0.3, 0.4) is 0 Å². The second kappa shape index (κ2) is 5.20. The number of aromatic carboxylic acids is 1. The highest BCUT2D eigenvalue weighted by Crippen LogP contribution is 2.29. The third kappa shape index (κ3) is 2.56. The van der Waals surface area contributed by atoms with E-state index in [1.54, 1.807) is 19.1 Å². The molecule has 0 bridgehead atoms. The molecule has 0 radical (unpaired) electrons. The Hall–Kier alpha value is -2.57. The van der Waals surface area contributed by atoms with Crippen LogP contribution in [-0.4, -0.2) is 21.5 Å². The van der Waals surface area contributed by atoms with E-state index in [1.807, 2.05) is 0 Å². The summed E-state index contributed by atoms with van der Waals surface area (Å²) in [5.41, 5.74) is 1.56. The maximum atomic E-state index is 11.4. The largest absolute Gasteiger partial charge is 0.872 e. The Morgan fingerprint density at radius 2 is 1.70 bits per heavy atom. The van der Waals surface area contributed by atoms with Gasteiger partial charge in [-0.1, -0.05) is 30.0 Å². The van der Waals surface area contributed by atoms with Crippen molar-refractivity contribution in [1.82, 2.24) is 0 Å². The van der Waals surface area contributed by atoms with Crippen LogP contribution >= 0.6 is 0 Å². The van der Waals surface area contributed by atoms with Crippen LogP contribution in [0.2, 0.25) is 0 Å². The molecule has 0 saturated carbocycles. The van der Waals surface area contributed by atoms with Gasteiger partial charge in [-0.15, -0.1) is 5.23 Å². The number of benzene rings is 2. The number of anilines is 1. The van der Waals surface area contributed by atoms with Gasteiger partial charge in [0.15, 0.2) is 0 Å². The molecule has 0 aromatic heterocycles. The molecule has 2 rings (SSSR count). The molecule has 20 heavy (non-hydrogen) atoms. The van der Waals surface area contributed by atoms with E-state index >= 15 is 0 Å². The highest BCUT2D eigenvalue weighted by atomic mass is 16.8. The van der Waals surface area contributed by atoms with E-state index in [-0.39, 0.29) is 16.5 Å². The van der Waals surface area contributed by atoms with E-state index in [1.165, 1.54) is 24.3 Å². The zero-order valence-electron chi connectivity index (χ0n) is 10.6. The molecule has 104 valence electrons. The molecule has 0 spiro atoms. The van der Waals surface area contributed by atoms with Gasteiger partial charge in [0.25, 0.3) is 0 Å². The lowest BCUT2D eigenvalue weighted by Gasteiger charge is -2.15. The molecule has 0 atom stereocenters. The lowest BCUT2D eigenvalue weighted by Crippen LogP contribution is -2.12. The molecule has 6 nitrogen and oxygen atoms in total. The van der Waals surface area contributed by atoms with Gasteiger partial charge in [0.1, 0.15) is 0 Å². The minimum atomic E-state index is -1.30. The molecule has 3 N–H and O–H groups in total. The van der Waals surface area contributed by atoms with E-state index < -0.39 is 11.7 Å². The molecule has 0 unspecified atom stereocenters. The van der Waals surface area contributed by atoms with Gasteiger partial charge in [-0.05, 0) is 35.7 Å². The fourth-order valence-electron chi connectivity index (χ4n) is 1.88. The maximum absolute atomic E-state index is 11.4. The first-order valence-electron chi connectivity index (χ1n) is 5.73. The van der Waals surface area contributed by atoms with Gasteiger partial charge in [-0.2, -0.15) is 0 Å². The quantitative estimate of drug-likeness (QED) is 0.740. The van der Waals surface area contributed by atoms with Gasteiger partial charge in [0, 0.05) is 0 Å². The number of hydrogen-bond acceptors (Lipinski definition) is 5. The van der Waals surface area contributed by atoms with Crippen LogP contribution in [0.15, 0.2) is 36.4 Å². The molecule has 0 fully saturated rings. The third-order valence-corrected chi connectivity index (χ3v) is 2.97. The van der Waals surface area contributed by atoms with Crippen LogP contribution in [-0.2, 0) is 0 Å². The average Bonchev–Trinajstić information content (AvgIpc) is 2.39. The molecule has 0 heterocycles. The van der Waals surface area contributed by atoms with Gasteiger partial charge < -0.3 is 10.2 Å². The molecule has 2 aromatic rings. The molecular formula is C14H12NO5-. The summed E-state index contributed by atoms with van der Waals surface area (Å²) in [6.07, 6.45) is 0. The Bertz CT molecular complexity index is 667. The zero-order valence-corrected chi connectivity index (χ0v) is 10.6. The standard InChI is InChI=1S/C14H13NO5/c1-8-2-3-10(7-12(8)15(19)20)9-4-5-13(16)11(6-9)14(17)18/h2-7,16,19-20H,1H3,(H,17,18)/p-1. The number of hydrogen-bond donors (Lipinski definition) is 3. The van der Waals surface area contributed by atoms with Crippen molar-refractivity contribution >= 4 is 11.7 Å². The van der Waals surface area contributed by atoms with Crippen LogP contribution in [0.25, 0.3) is 11.1 Å². The monoisotopic (exact) mass is 274 g/mol. The Kier molecular flexibility index (Phi) is 3.60. The van der Waals surface area contributed by atoms with E-state index in [0.29, 0.717) is 16.7 Å². The van der Waals surface area contributed by atoms with Gasteiger partial charge in [0.05, 0.1) is 11.3 Å². The van der Waals surface area contributed by atoms with E-state index in [9.17, 15) is 9.90 Å². The lowest BCUT2D eigenvalue weighted by molar-refractivity contribution is -0.268. The Balaban J connectivity index is 2.54. The van der Waals surface area contributed by atoms with Crippen LogP contribution in [0.1, 0.15) is 15.9 Å². The number of carbonyl (C=O) groups is 1. The summed E-state index contributed by atoms with van der Waals surface area (Å²) in [7, 11) is 0. The van der Waals surface area contributed by atoms with Crippen LogP contribution < -0.4 is 10.3 Å². The Morgan fingerprint density at radius 3 is 2.30 bits per heavy atom. The van der Waals surface area contributed by atoms with Crippen LogP contribution in [0.4, 0.5) is 5.69 Å². The first kappa shape index (κ1) is 13.9. The molecule has 0 aliphatic carbocycles. The summed E-state index contributed by atoms with van der Waals surface area (Å²) in [6, 6.07) is 8.78. The number of aryl methyl sites for hydroxylation is 1. The first-order valence-corrected chi connectivity index (χ1v) is 5.73. The summed E-state index contributed by atoms with van der Waals surface area (Å²) in [5.74, 6) is -1.87. The van der Waals surface area contributed by atoms with Gasteiger partial charge in [0.2, 0.25) is 0 Å². The fourth-order valence-corrected chi connectivity index (χ4v) is 1.88. The molecular weight excluding hydrogens is 262 g/mol. The summed E-state index contributed by atoms with van der Waals surface area (Å²) >= 11 is 0. The minimum Gasteiger partial charge on any atom is -0.872 e. The zero-order chi connectivity index (χ0) is 14.9. The van der Waals surface area contributed by atoms with Crippen LogP contribution in [0, 0.1) is 6.92 Å². The molecule has 0 amide bonds. The van der Waals surface area contributed by atoms with Crippen molar-refractivity contribution in [1.29, 1.82) is 0 Å².